The van der Waals surface area contributed by atoms with Crippen LogP contribution in [0.2, 0.25) is 0 Å². The minimum Gasteiger partial charge on any atom is -0.380 e. The lowest BCUT2D eigenvalue weighted by Crippen LogP contribution is -2.04. The quantitative estimate of drug-likeness (QED) is 0.511. The predicted octanol–water partition coefficient (Wildman–Crippen LogP) is 1.02. The summed E-state index contributed by atoms with van der Waals surface area (Å²) in [5.74, 6) is 0. The van der Waals surface area contributed by atoms with Crippen molar-refractivity contribution >= 4 is 0 Å². The Morgan fingerprint density at radius 2 is 2.00 bits per heavy atom. The summed E-state index contributed by atoms with van der Waals surface area (Å²) >= 11 is 0. The van der Waals surface area contributed by atoms with Crippen molar-refractivity contribution < 1.29 is 0 Å². The zero-order valence-corrected chi connectivity index (χ0v) is 5.45. The summed E-state index contributed by atoms with van der Waals surface area (Å²) < 4.78 is 0. The van der Waals surface area contributed by atoms with Crippen LogP contribution in [0.15, 0.2) is 11.3 Å². The molecule has 0 radical (unpaired) electrons. The molecule has 0 saturated carbocycles. The second-order valence-corrected chi connectivity index (χ2v) is 1.74. The molecule has 8 heavy (non-hydrogen) atoms. The molecule has 0 unspecified atom stereocenters. The fraction of sp³-hybridized carbons (Fsp3) is 0.500. The van der Waals surface area contributed by atoms with E-state index >= 15 is 0 Å². The maximum Gasteiger partial charge on any atom is 0.117 e. The largest absolute Gasteiger partial charge is 0.380 e. The Morgan fingerprint density at radius 1 is 1.50 bits per heavy atom. The minimum absolute atomic E-state index is 0.657. The van der Waals surface area contributed by atoms with E-state index in [1.165, 1.54) is 0 Å². The van der Waals surface area contributed by atoms with Gasteiger partial charge in [0.15, 0.2) is 0 Å². The van der Waals surface area contributed by atoms with Crippen LogP contribution in [0, 0.1) is 11.3 Å². The molecule has 0 saturated heterocycles. The van der Waals surface area contributed by atoms with Gasteiger partial charge in [-0.05, 0) is 19.4 Å². The molecule has 0 fully saturated rings. The highest BCUT2D eigenvalue weighted by Gasteiger charge is 1.88. The van der Waals surface area contributed by atoms with Crippen molar-refractivity contribution in [2.75, 3.05) is 7.05 Å². The molecule has 1 N–H and O–H groups in total. The van der Waals surface area contributed by atoms with Gasteiger partial charge in [-0.25, -0.2) is 0 Å². The molecule has 0 rings (SSSR count). The van der Waals surface area contributed by atoms with Gasteiger partial charge >= 0.3 is 0 Å². The van der Waals surface area contributed by atoms with Crippen LogP contribution < -0.4 is 5.32 Å². The highest BCUT2D eigenvalue weighted by atomic mass is 14.8. The monoisotopic (exact) mass is 110 g/mol. The molecule has 0 aromatic carbocycles. The van der Waals surface area contributed by atoms with E-state index in [1.54, 1.807) is 7.05 Å². The van der Waals surface area contributed by atoms with Crippen LogP contribution in [-0.2, 0) is 0 Å². The molecule has 0 aliphatic carbocycles. The second kappa shape index (κ2) is 3.09. The van der Waals surface area contributed by atoms with Gasteiger partial charge in [-0.2, -0.15) is 5.26 Å². The molecule has 0 bridgehead atoms. The van der Waals surface area contributed by atoms with Gasteiger partial charge in [-0.1, -0.05) is 0 Å². The Labute approximate surface area is 49.8 Å². The third kappa shape index (κ3) is 1.65. The number of nitrogens with one attached hydrogen (secondary N) is 1. The van der Waals surface area contributed by atoms with Crippen LogP contribution in [0.4, 0.5) is 0 Å². The van der Waals surface area contributed by atoms with Crippen LogP contribution in [0.25, 0.3) is 0 Å². The van der Waals surface area contributed by atoms with Gasteiger partial charge in [-0.15, -0.1) is 0 Å². The summed E-state index contributed by atoms with van der Waals surface area (Å²) in [7, 11) is 1.74. The van der Waals surface area contributed by atoms with Crippen molar-refractivity contribution in [3.8, 4) is 6.07 Å². The SMILES string of the molecule is CNC(C#N)=C(C)C. The highest BCUT2D eigenvalue weighted by Crippen LogP contribution is 1.94. The van der Waals surface area contributed by atoms with E-state index in [9.17, 15) is 0 Å². The van der Waals surface area contributed by atoms with Gasteiger partial charge in [-0.3, -0.25) is 0 Å². The zero-order valence-electron chi connectivity index (χ0n) is 5.45. The number of nitriles is 1. The molecule has 0 aromatic heterocycles. The van der Waals surface area contributed by atoms with Crippen molar-refractivity contribution in [3.05, 3.63) is 11.3 Å². The molecule has 0 aliphatic rings. The standard InChI is InChI=1S/C6H10N2/c1-5(2)6(4-7)8-3/h8H,1-3H3. The Bertz CT molecular complexity index is 135. The number of rotatable bonds is 1. The average Bonchev–Trinajstić information content (AvgIpc) is 1.69. The average molecular weight is 110 g/mol. The summed E-state index contributed by atoms with van der Waals surface area (Å²) in [6.07, 6.45) is 0. The van der Waals surface area contributed by atoms with E-state index in [1.807, 2.05) is 19.9 Å². The first-order chi connectivity index (χ1) is 3.72. The summed E-state index contributed by atoms with van der Waals surface area (Å²) in [5, 5.41) is 11.1. The predicted molar refractivity (Wildman–Crippen MR) is 33.0 cm³/mol. The first kappa shape index (κ1) is 7.03. The van der Waals surface area contributed by atoms with E-state index in [2.05, 4.69) is 5.32 Å². The second-order valence-electron chi connectivity index (χ2n) is 1.74. The summed E-state index contributed by atoms with van der Waals surface area (Å²) in [6.45, 7) is 3.80. The van der Waals surface area contributed by atoms with Gasteiger partial charge in [0.25, 0.3) is 0 Å². The van der Waals surface area contributed by atoms with Crippen LogP contribution in [-0.4, -0.2) is 7.05 Å². The number of hydrogen-bond acceptors (Lipinski definition) is 2. The van der Waals surface area contributed by atoms with E-state index in [0.29, 0.717) is 5.70 Å². The van der Waals surface area contributed by atoms with E-state index in [0.717, 1.165) is 5.57 Å². The molecule has 0 spiro atoms. The molecule has 0 amide bonds. The van der Waals surface area contributed by atoms with Gasteiger partial charge in [0.1, 0.15) is 11.8 Å². The fourth-order valence-electron chi connectivity index (χ4n) is 0.418. The third-order valence-electron chi connectivity index (χ3n) is 0.862. The first-order valence-corrected chi connectivity index (χ1v) is 2.47. The molecule has 2 nitrogen and oxygen atoms in total. The molecule has 0 aliphatic heterocycles. The normalized spacial score (nSPS) is 7.25. The fourth-order valence-corrected chi connectivity index (χ4v) is 0.418. The Balaban J connectivity index is 4.15. The van der Waals surface area contributed by atoms with E-state index in [-0.39, 0.29) is 0 Å². The van der Waals surface area contributed by atoms with Crippen molar-refractivity contribution in [3.63, 3.8) is 0 Å². The maximum absolute atomic E-state index is 8.33. The van der Waals surface area contributed by atoms with Crippen molar-refractivity contribution in [1.29, 1.82) is 5.26 Å². The molecular weight excluding hydrogens is 100 g/mol. The van der Waals surface area contributed by atoms with Gasteiger partial charge in [0.05, 0.1) is 0 Å². The number of allylic oxidation sites excluding steroid dienone is 2. The Hall–Kier alpha value is -0.970. The van der Waals surface area contributed by atoms with Gasteiger partial charge < -0.3 is 5.32 Å². The Morgan fingerprint density at radius 3 is 2.00 bits per heavy atom. The first-order valence-electron chi connectivity index (χ1n) is 2.47. The van der Waals surface area contributed by atoms with Gasteiger partial charge in [0.2, 0.25) is 0 Å². The number of nitrogens with zero attached hydrogens (tertiary/aromatic N) is 1. The van der Waals surface area contributed by atoms with Crippen molar-refractivity contribution in [2.24, 2.45) is 0 Å². The molecule has 44 valence electrons. The lowest BCUT2D eigenvalue weighted by atomic mass is 10.3. The van der Waals surface area contributed by atoms with Crippen LogP contribution in [0.3, 0.4) is 0 Å². The summed E-state index contributed by atoms with van der Waals surface area (Å²) in [4.78, 5) is 0. The molecule has 2 heteroatoms. The maximum atomic E-state index is 8.33. The lowest BCUT2D eigenvalue weighted by Gasteiger charge is -1.95. The minimum atomic E-state index is 0.657. The molecular formula is C6H10N2. The molecule has 0 atom stereocenters. The van der Waals surface area contributed by atoms with Crippen LogP contribution in [0.5, 0.6) is 0 Å². The topological polar surface area (TPSA) is 35.8 Å². The van der Waals surface area contributed by atoms with E-state index < -0.39 is 0 Å². The molecule has 0 heterocycles. The van der Waals surface area contributed by atoms with E-state index in [4.69, 9.17) is 5.26 Å². The zero-order chi connectivity index (χ0) is 6.57. The highest BCUT2D eigenvalue weighted by molar-refractivity contribution is 5.22. The smallest absolute Gasteiger partial charge is 0.117 e. The van der Waals surface area contributed by atoms with Crippen LogP contribution >= 0.6 is 0 Å². The third-order valence-corrected chi connectivity index (χ3v) is 0.862. The van der Waals surface area contributed by atoms with Crippen molar-refractivity contribution in [1.82, 2.24) is 5.32 Å². The van der Waals surface area contributed by atoms with Crippen molar-refractivity contribution in [2.45, 2.75) is 13.8 Å². The summed E-state index contributed by atoms with van der Waals surface area (Å²) in [6, 6.07) is 2.02. The summed E-state index contributed by atoms with van der Waals surface area (Å²) in [5.41, 5.74) is 1.68. The molecule has 0 aromatic rings. The van der Waals surface area contributed by atoms with Gasteiger partial charge in [0, 0.05) is 7.05 Å². The Kier molecular flexibility index (Phi) is 2.71. The van der Waals surface area contributed by atoms with Crippen LogP contribution in [0.1, 0.15) is 13.8 Å². The number of hydrogen-bond donors (Lipinski definition) is 1. The lowest BCUT2D eigenvalue weighted by molar-refractivity contribution is 1.00.